The predicted octanol–water partition coefficient (Wildman–Crippen LogP) is 16.0. The molecule has 7 unspecified atom stereocenters. The third-order valence-corrected chi connectivity index (χ3v) is 14.6. The van der Waals surface area contributed by atoms with Crippen LogP contribution in [-0.2, 0) is 14.3 Å². The fourth-order valence-corrected chi connectivity index (χ4v) is 9.70. The summed E-state index contributed by atoms with van der Waals surface area (Å²) in [5, 5.41) is 54.8. The molecule has 0 bridgehead atoms. The molecule has 9 heteroatoms. The Morgan fingerprint density at radius 2 is 0.838 bits per heavy atom. The molecule has 0 aromatic heterocycles. The lowest BCUT2D eigenvalue weighted by atomic mass is 9.99. The smallest absolute Gasteiger partial charge is 0.220 e. The number of ether oxygens (including phenoxy) is 2. The Balaban J connectivity index is 2.17. The monoisotopic (exact) mass is 1040 g/mol. The Bertz CT molecular complexity index is 1390. The molecule has 1 aliphatic heterocycles. The Hall–Kier alpha value is -2.37. The van der Waals surface area contributed by atoms with Crippen molar-refractivity contribution in [2.24, 2.45) is 0 Å². The zero-order valence-corrected chi connectivity index (χ0v) is 47.8. The number of carbonyl (C=O) groups excluding carboxylic acids is 1. The molecule has 0 aromatic rings. The highest BCUT2D eigenvalue weighted by molar-refractivity contribution is 5.76. The lowest BCUT2D eigenvalue weighted by molar-refractivity contribution is -0.302. The first-order valence-corrected chi connectivity index (χ1v) is 31.1. The van der Waals surface area contributed by atoms with Gasteiger partial charge in [-0.3, -0.25) is 4.79 Å². The molecule has 1 saturated heterocycles. The van der Waals surface area contributed by atoms with Crippen LogP contribution in [0.1, 0.15) is 277 Å². The van der Waals surface area contributed by atoms with E-state index in [1.54, 1.807) is 0 Å². The molecule has 74 heavy (non-hydrogen) atoms. The van der Waals surface area contributed by atoms with E-state index in [9.17, 15) is 30.3 Å². The van der Waals surface area contributed by atoms with Gasteiger partial charge >= 0.3 is 0 Å². The molecule has 0 saturated carbocycles. The normalized spacial score (nSPS) is 19.5. The molecule has 0 aromatic carbocycles. The predicted molar refractivity (Wildman–Crippen MR) is 313 cm³/mol. The van der Waals surface area contributed by atoms with Crippen LogP contribution >= 0.6 is 0 Å². The van der Waals surface area contributed by atoms with E-state index in [0.29, 0.717) is 12.8 Å². The minimum atomic E-state index is -1.56. The molecule has 6 N–H and O–H groups in total. The molecular weight excluding hydrogens is 923 g/mol. The summed E-state index contributed by atoms with van der Waals surface area (Å²) in [5.74, 6) is -0.146. The summed E-state index contributed by atoms with van der Waals surface area (Å²) in [5.41, 5.74) is 0. The summed E-state index contributed by atoms with van der Waals surface area (Å²) in [6.45, 7) is 3.75. The summed E-state index contributed by atoms with van der Waals surface area (Å²) < 4.78 is 11.3. The van der Waals surface area contributed by atoms with Crippen LogP contribution in [0.2, 0.25) is 0 Å². The van der Waals surface area contributed by atoms with Crippen LogP contribution in [-0.4, -0.2) is 87.5 Å². The maximum atomic E-state index is 13.1. The number of hydrogen-bond acceptors (Lipinski definition) is 8. The second kappa shape index (κ2) is 54.0. The van der Waals surface area contributed by atoms with E-state index in [1.165, 1.54) is 173 Å². The van der Waals surface area contributed by atoms with Crippen molar-refractivity contribution in [3.05, 3.63) is 72.9 Å². The summed E-state index contributed by atoms with van der Waals surface area (Å²) >= 11 is 0. The summed E-state index contributed by atoms with van der Waals surface area (Å²) in [7, 11) is 0. The molecular formula is C65H117NO8. The number of aliphatic hydroxyl groups is 5. The maximum absolute atomic E-state index is 13.1. The van der Waals surface area contributed by atoms with Gasteiger partial charge in [0.25, 0.3) is 0 Å². The lowest BCUT2D eigenvalue weighted by Crippen LogP contribution is -2.60. The topological polar surface area (TPSA) is 149 Å². The minimum absolute atomic E-state index is 0.140. The van der Waals surface area contributed by atoms with Gasteiger partial charge in [0.2, 0.25) is 5.91 Å². The Labute approximate surface area is 455 Å². The molecule has 1 rings (SSSR count). The van der Waals surface area contributed by atoms with Gasteiger partial charge < -0.3 is 40.3 Å². The van der Waals surface area contributed by atoms with Gasteiger partial charge in [-0.15, -0.1) is 0 Å². The van der Waals surface area contributed by atoms with Gasteiger partial charge in [0, 0.05) is 6.42 Å². The first-order chi connectivity index (χ1) is 36.3. The quantitative estimate of drug-likeness (QED) is 0.0261. The van der Waals surface area contributed by atoms with Gasteiger partial charge in [0.15, 0.2) is 6.29 Å². The third-order valence-electron chi connectivity index (χ3n) is 14.6. The number of hydrogen-bond donors (Lipinski definition) is 6. The second-order valence-corrected chi connectivity index (χ2v) is 21.5. The molecule has 0 radical (unpaired) electrons. The number of aliphatic hydroxyl groups excluding tert-OH is 5. The maximum Gasteiger partial charge on any atom is 0.220 e. The highest BCUT2D eigenvalue weighted by atomic mass is 16.7. The fourth-order valence-electron chi connectivity index (χ4n) is 9.70. The van der Waals surface area contributed by atoms with E-state index in [1.807, 2.05) is 0 Å². The fraction of sp³-hybridized carbons (Fsp3) is 0.800. The average Bonchev–Trinajstić information content (AvgIpc) is 3.40. The van der Waals surface area contributed by atoms with Crippen molar-refractivity contribution in [3.8, 4) is 0 Å². The number of carbonyl (C=O) groups is 1. The van der Waals surface area contributed by atoms with Gasteiger partial charge in [-0.2, -0.15) is 0 Å². The summed E-state index contributed by atoms with van der Waals surface area (Å²) in [6, 6.07) is -0.724. The molecule has 9 nitrogen and oxygen atoms in total. The number of allylic oxidation sites excluding steroid dienone is 12. The zero-order valence-electron chi connectivity index (χ0n) is 47.8. The number of unbranched alkanes of at least 4 members (excludes halogenated alkanes) is 31. The van der Waals surface area contributed by atoms with Crippen LogP contribution in [0.5, 0.6) is 0 Å². The Morgan fingerprint density at radius 1 is 0.473 bits per heavy atom. The molecule has 0 spiro atoms. The van der Waals surface area contributed by atoms with E-state index < -0.39 is 49.5 Å². The van der Waals surface area contributed by atoms with Crippen molar-refractivity contribution in [1.29, 1.82) is 0 Å². The first-order valence-electron chi connectivity index (χ1n) is 31.1. The van der Waals surface area contributed by atoms with E-state index in [2.05, 4.69) is 92.1 Å². The van der Waals surface area contributed by atoms with Crippen LogP contribution in [0.15, 0.2) is 72.9 Å². The molecule has 1 amide bonds. The lowest BCUT2D eigenvalue weighted by Gasteiger charge is -2.40. The van der Waals surface area contributed by atoms with Crippen molar-refractivity contribution >= 4 is 5.91 Å². The van der Waals surface area contributed by atoms with Crippen LogP contribution in [0.3, 0.4) is 0 Å². The van der Waals surface area contributed by atoms with Gasteiger partial charge in [0.1, 0.15) is 24.4 Å². The Kier molecular flexibility index (Phi) is 50.8. The highest BCUT2D eigenvalue weighted by Gasteiger charge is 2.44. The third kappa shape index (κ3) is 42.7. The van der Waals surface area contributed by atoms with Gasteiger partial charge in [-0.05, 0) is 64.2 Å². The molecule has 1 aliphatic rings. The summed E-state index contributed by atoms with van der Waals surface area (Å²) in [4.78, 5) is 13.1. The molecule has 1 fully saturated rings. The van der Waals surface area contributed by atoms with E-state index in [0.717, 1.165) is 77.0 Å². The van der Waals surface area contributed by atoms with Crippen LogP contribution in [0.4, 0.5) is 0 Å². The van der Waals surface area contributed by atoms with E-state index >= 15 is 0 Å². The molecule has 430 valence electrons. The van der Waals surface area contributed by atoms with Crippen molar-refractivity contribution in [2.45, 2.75) is 320 Å². The van der Waals surface area contributed by atoms with Gasteiger partial charge in [0.05, 0.1) is 25.4 Å². The number of nitrogens with one attached hydrogen (secondary N) is 1. The molecule has 7 atom stereocenters. The average molecular weight is 1040 g/mol. The molecule has 0 aliphatic carbocycles. The standard InChI is InChI=1S/C65H117NO8/c1-3-5-7-9-11-13-15-17-19-21-23-25-26-27-28-29-30-31-32-33-34-35-37-39-41-43-45-47-49-51-53-55-61(69)66-58(57-73-65-64(72)63(71)62(70)60(56-67)74-65)59(68)54-52-50-48-46-44-42-40-38-36-24-22-20-18-16-14-12-10-8-6-4-2/h5,7,11,13,17,19,23,25,27-28,30-31,58-60,62-65,67-68,70-72H,3-4,6,8-10,12,14-16,18,20-22,24,26,29,32-57H2,1-2H3,(H,66,69)/b7-5-,13-11-,19-17-,25-23-,28-27-,31-30-. The minimum Gasteiger partial charge on any atom is -0.394 e. The van der Waals surface area contributed by atoms with Crippen molar-refractivity contribution < 1.29 is 39.8 Å². The van der Waals surface area contributed by atoms with E-state index in [4.69, 9.17) is 9.47 Å². The van der Waals surface area contributed by atoms with Crippen molar-refractivity contribution in [2.75, 3.05) is 13.2 Å². The highest BCUT2D eigenvalue weighted by Crippen LogP contribution is 2.23. The SMILES string of the molecule is CC/C=C\C/C=C\C/C=C\C/C=C\C/C=C\C/C=C\CCCCCCCCCCCCCCC(=O)NC(COC1OC(CO)C(O)C(O)C1O)C(O)CCCCCCCCCCCCCCCCCCCCCC. The largest absolute Gasteiger partial charge is 0.394 e. The van der Waals surface area contributed by atoms with Crippen LogP contribution in [0.25, 0.3) is 0 Å². The number of amides is 1. The van der Waals surface area contributed by atoms with Crippen LogP contribution in [0, 0.1) is 0 Å². The van der Waals surface area contributed by atoms with Gasteiger partial charge in [-0.25, -0.2) is 0 Å². The van der Waals surface area contributed by atoms with E-state index in [-0.39, 0.29) is 12.5 Å². The zero-order chi connectivity index (χ0) is 53.6. The first kappa shape index (κ1) is 69.6. The molecule has 1 heterocycles. The van der Waals surface area contributed by atoms with Crippen molar-refractivity contribution in [3.63, 3.8) is 0 Å². The van der Waals surface area contributed by atoms with Crippen molar-refractivity contribution in [1.82, 2.24) is 5.32 Å². The Morgan fingerprint density at radius 3 is 1.24 bits per heavy atom. The second-order valence-electron chi connectivity index (χ2n) is 21.5. The van der Waals surface area contributed by atoms with Crippen LogP contribution < -0.4 is 5.32 Å². The van der Waals surface area contributed by atoms with Gasteiger partial charge in [-0.1, -0.05) is 279 Å². The number of rotatable bonds is 53. The summed E-state index contributed by atoms with van der Waals surface area (Å²) in [6.07, 6.45) is 67.9.